The molecule has 0 saturated carbocycles. The third-order valence-electron chi connectivity index (χ3n) is 0. The van der Waals surface area contributed by atoms with E-state index in [0.29, 0.717) is 0 Å². The van der Waals surface area contributed by atoms with Gasteiger partial charge in [-0.3, -0.25) is 0 Å². The quantitative estimate of drug-likeness (QED) is 0.438. The summed E-state index contributed by atoms with van der Waals surface area (Å²) in [5, 5.41) is 0. The Kier molecular flexibility index (Phi) is 102. The summed E-state index contributed by atoms with van der Waals surface area (Å²) in [6.45, 7) is 0. The van der Waals surface area contributed by atoms with Gasteiger partial charge in [-0.15, -0.1) is 0 Å². The van der Waals surface area contributed by atoms with Gasteiger partial charge in [0, 0.05) is 0 Å². The third kappa shape index (κ3) is 9.15. The van der Waals surface area contributed by atoms with Gasteiger partial charge in [-0.25, -0.2) is 0 Å². The number of hydrogen-bond donors (Lipinski definition) is 0. The molecule has 0 rings (SSSR count). The SMILES string of the molecule is [Cs+].[In+3].[S-2].[S-2]. The Bertz CT molecular complexity index is 6.00. The van der Waals surface area contributed by atoms with Gasteiger partial charge in [0.2, 0.25) is 0 Å². The van der Waals surface area contributed by atoms with Gasteiger partial charge in [0.05, 0.1) is 0 Å². The molecule has 0 aliphatic heterocycles. The van der Waals surface area contributed by atoms with E-state index in [1.807, 2.05) is 0 Å². The van der Waals surface area contributed by atoms with Gasteiger partial charge in [0.15, 0.2) is 0 Å². The summed E-state index contributed by atoms with van der Waals surface area (Å²) in [7, 11) is 0. The van der Waals surface area contributed by atoms with Gasteiger partial charge in [0.1, 0.15) is 0 Å². The molecule has 0 fully saturated rings. The van der Waals surface area contributed by atoms with Crippen LogP contribution in [0.4, 0.5) is 0 Å². The Morgan fingerprint density at radius 1 is 0.750 bits per heavy atom. The van der Waals surface area contributed by atoms with E-state index in [9.17, 15) is 0 Å². The predicted molar refractivity (Wildman–Crippen MR) is 20.5 cm³/mol. The van der Waals surface area contributed by atoms with Crippen LogP contribution in [0.1, 0.15) is 0 Å². The number of hydrogen-bond acceptors (Lipinski definition) is 0. The minimum atomic E-state index is 0. The van der Waals surface area contributed by atoms with E-state index in [2.05, 4.69) is 0 Å². The zero-order valence-electron chi connectivity index (χ0n) is 2.39. The molecule has 0 N–H and O–H groups in total. The first-order chi connectivity index (χ1) is 0. The van der Waals surface area contributed by atoms with Crippen molar-refractivity contribution in [3.8, 4) is 0 Å². The minimum absolute atomic E-state index is 0. The van der Waals surface area contributed by atoms with Gasteiger partial charge >= 0.3 is 94.7 Å². The van der Waals surface area contributed by atoms with Crippen LogP contribution in [0, 0.1) is 0 Å². The first-order valence-electron chi connectivity index (χ1n) is 0. The van der Waals surface area contributed by atoms with Crippen LogP contribution in [0.25, 0.3) is 0 Å². The molecule has 4 heavy (non-hydrogen) atoms. The predicted octanol–water partition coefficient (Wildman–Crippen LogP) is -3.38. The van der Waals surface area contributed by atoms with E-state index in [4.69, 9.17) is 0 Å². The third-order valence-corrected chi connectivity index (χ3v) is 0. The van der Waals surface area contributed by atoms with E-state index in [-0.39, 0.29) is 122 Å². The van der Waals surface area contributed by atoms with E-state index >= 15 is 0 Å². The van der Waals surface area contributed by atoms with Crippen molar-refractivity contribution >= 4 is 52.8 Å². The smallest absolute Gasteiger partial charge is 2.00 e. The fourth-order valence-corrected chi connectivity index (χ4v) is 0. The van der Waals surface area contributed by atoms with Crippen molar-refractivity contribution in [1.29, 1.82) is 0 Å². The zero-order chi connectivity index (χ0) is 0. The average molecular weight is 312 g/mol. The second-order valence-corrected chi connectivity index (χ2v) is 0. The van der Waals surface area contributed by atoms with Crippen molar-refractivity contribution in [2.75, 3.05) is 0 Å². The molecule has 4 heteroatoms. The van der Waals surface area contributed by atoms with Crippen LogP contribution in [0.15, 0.2) is 0 Å². The van der Waals surface area contributed by atoms with Crippen molar-refractivity contribution in [1.82, 2.24) is 0 Å². The molecule has 0 unspecified atom stereocenters. The van der Waals surface area contributed by atoms with E-state index in [1.54, 1.807) is 0 Å². The molecule has 0 saturated heterocycles. The van der Waals surface area contributed by atoms with Crippen LogP contribution < -0.4 is 68.9 Å². The summed E-state index contributed by atoms with van der Waals surface area (Å²) in [5.41, 5.74) is 0. The monoisotopic (exact) mass is 312 g/mol. The molecule has 0 spiro atoms. The first-order valence-corrected chi connectivity index (χ1v) is 0. The molecule has 0 aliphatic carbocycles. The fourth-order valence-electron chi connectivity index (χ4n) is 0. The van der Waals surface area contributed by atoms with E-state index < -0.39 is 0 Å². The normalized spacial score (nSPS) is 0. The van der Waals surface area contributed by atoms with Gasteiger partial charge in [-0.2, -0.15) is 0 Å². The summed E-state index contributed by atoms with van der Waals surface area (Å²) >= 11 is 0. The Morgan fingerprint density at radius 3 is 0.750 bits per heavy atom. The Morgan fingerprint density at radius 2 is 0.750 bits per heavy atom. The van der Waals surface area contributed by atoms with Gasteiger partial charge in [-0.05, 0) is 0 Å². The molecule has 0 aliphatic rings. The standard InChI is InChI=1S/Cs.In.2S/q+1;+3;2*-2. The van der Waals surface area contributed by atoms with Gasteiger partial charge in [-0.1, -0.05) is 0 Å². The van der Waals surface area contributed by atoms with Crippen LogP contribution in [0.3, 0.4) is 0 Å². The summed E-state index contributed by atoms with van der Waals surface area (Å²) in [6.07, 6.45) is 0. The summed E-state index contributed by atoms with van der Waals surface area (Å²) in [4.78, 5) is 0. The molecule has 0 aromatic heterocycles. The van der Waals surface area contributed by atoms with E-state index in [1.165, 1.54) is 0 Å². The molecular weight excluding hydrogens is 312 g/mol. The maximum atomic E-state index is 0. The maximum absolute atomic E-state index is 0. The second kappa shape index (κ2) is 16.0. The Labute approximate surface area is 118 Å². The molecule has 0 nitrogen and oxygen atoms in total. The molecule has 0 heterocycles. The van der Waals surface area contributed by atoms with Gasteiger partial charge < -0.3 is 27.0 Å². The zero-order valence-corrected chi connectivity index (χ0v) is 13.6. The summed E-state index contributed by atoms with van der Waals surface area (Å²) in [6, 6.07) is 0. The molecular formula is CsInS2. The van der Waals surface area contributed by atoms with E-state index in [0.717, 1.165) is 0 Å². The molecule has 16 valence electrons. The maximum Gasteiger partial charge on any atom is 3.00 e. The minimum Gasteiger partial charge on any atom is -2.00 e. The van der Waals surface area contributed by atoms with Crippen LogP contribution >= 0.6 is 0 Å². The average Bonchev–Trinajstić information content (AvgIpc) is 0. The summed E-state index contributed by atoms with van der Waals surface area (Å²) in [5.74, 6) is 0. The van der Waals surface area contributed by atoms with Crippen molar-refractivity contribution in [3.63, 3.8) is 0 Å². The molecule has 0 atom stereocenters. The van der Waals surface area contributed by atoms with Crippen molar-refractivity contribution in [2.24, 2.45) is 0 Å². The molecule has 0 bridgehead atoms. The van der Waals surface area contributed by atoms with Crippen molar-refractivity contribution in [2.45, 2.75) is 0 Å². The Hall–Kier alpha value is 3.62. The molecule has 0 aromatic rings. The molecule has 0 radical (unpaired) electrons. The molecule has 0 aromatic carbocycles. The number of rotatable bonds is 0. The fraction of sp³-hybridized carbons (Fsp3) is 0. The topological polar surface area (TPSA) is 0 Å². The van der Waals surface area contributed by atoms with Crippen molar-refractivity contribution in [3.05, 3.63) is 0 Å². The summed E-state index contributed by atoms with van der Waals surface area (Å²) < 4.78 is 0. The van der Waals surface area contributed by atoms with Crippen LogP contribution in [0.2, 0.25) is 0 Å². The first kappa shape index (κ1) is 25.5. The van der Waals surface area contributed by atoms with Gasteiger partial charge in [0.25, 0.3) is 0 Å². The second-order valence-electron chi connectivity index (χ2n) is 0. The molecule has 0 amide bonds. The Balaban J connectivity index is 0. The van der Waals surface area contributed by atoms with Crippen LogP contribution in [-0.4, -0.2) is 25.8 Å². The van der Waals surface area contributed by atoms with Crippen LogP contribution in [-0.2, 0) is 27.0 Å². The van der Waals surface area contributed by atoms with Crippen LogP contribution in [0.5, 0.6) is 0 Å². The van der Waals surface area contributed by atoms with Crippen molar-refractivity contribution < 1.29 is 68.9 Å². The largest absolute Gasteiger partial charge is 3.00 e.